The van der Waals surface area contributed by atoms with Gasteiger partial charge in [-0.1, -0.05) is 38.0 Å². The van der Waals surface area contributed by atoms with Crippen molar-refractivity contribution in [1.82, 2.24) is 10.2 Å². The van der Waals surface area contributed by atoms with E-state index in [0.717, 1.165) is 29.8 Å². The lowest BCUT2D eigenvalue weighted by Crippen LogP contribution is -2.54. The van der Waals surface area contributed by atoms with Gasteiger partial charge in [0.2, 0.25) is 0 Å². The van der Waals surface area contributed by atoms with E-state index in [9.17, 15) is 19.2 Å². The molecule has 35 heavy (non-hydrogen) atoms. The third-order valence-electron chi connectivity index (χ3n) is 6.34. The third kappa shape index (κ3) is 5.53. The van der Waals surface area contributed by atoms with Crippen LogP contribution in [-0.2, 0) is 19.1 Å². The van der Waals surface area contributed by atoms with E-state index in [0.29, 0.717) is 17.8 Å². The zero-order valence-electron chi connectivity index (χ0n) is 19.4. The lowest BCUT2D eigenvalue weighted by Gasteiger charge is -2.36. The zero-order chi connectivity index (χ0) is 24.8. The fourth-order valence-corrected chi connectivity index (χ4v) is 4.38. The van der Waals surface area contributed by atoms with Crippen molar-refractivity contribution >= 4 is 40.9 Å². The standard InChI is InChI=1S/C25H27N5O5/c1-17-7-5-6-14-25(17)23(33)30(24(34)27-25)15-22(32)35-16-21(31)26-18-10-12-20(13-11-18)29-28-19-8-3-2-4-9-19/h2-4,8-13,17H,5-7,14-16H2,1H3,(H,26,31)(H,27,34). The Bertz CT molecular complexity index is 1130. The van der Waals surface area contributed by atoms with E-state index in [1.54, 1.807) is 24.3 Å². The van der Waals surface area contributed by atoms with E-state index in [4.69, 9.17) is 4.74 Å². The Balaban J connectivity index is 1.24. The number of rotatable bonds is 7. The first-order chi connectivity index (χ1) is 16.9. The second kappa shape index (κ2) is 10.5. The number of esters is 1. The molecule has 0 aromatic heterocycles. The molecule has 10 heteroatoms. The fourth-order valence-electron chi connectivity index (χ4n) is 4.38. The Hall–Kier alpha value is -4.08. The topological polar surface area (TPSA) is 130 Å². The molecular formula is C25H27N5O5. The van der Waals surface area contributed by atoms with Crippen LogP contribution in [0.5, 0.6) is 0 Å². The van der Waals surface area contributed by atoms with E-state index in [1.165, 1.54) is 0 Å². The molecular weight excluding hydrogens is 450 g/mol. The number of nitrogens with one attached hydrogen (secondary N) is 2. The summed E-state index contributed by atoms with van der Waals surface area (Å²) >= 11 is 0. The van der Waals surface area contributed by atoms with Gasteiger partial charge in [0.05, 0.1) is 11.4 Å². The molecule has 2 fully saturated rings. The van der Waals surface area contributed by atoms with Crippen molar-refractivity contribution in [2.24, 2.45) is 16.1 Å². The van der Waals surface area contributed by atoms with Gasteiger partial charge in [0, 0.05) is 5.69 Å². The summed E-state index contributed by atoms with van der Waals surface area (Å²) in [6.45, 7) is 0.856. The average Bonchev–Trinajstić information content (AvgIpc) is 3.09. The number of carbonyl (C=O) groups excluding carboxylic acids is 4. The maximum atomic E-state index is 12.9. The van der Waals surface area contributed by atoms with Gasteiger partial charge in [0.1, 0.15) is 12.1 Å². The molecule has 2 atom stereocenters. The van der Waals surface area contributed by atoms with Crippen LogP contribution in [0.25, 0.3) is 0 Å². The van der Waals surface area contributed by atoms with Gasteiger partial charge < -0.3 is 15.4 Å². The highest BCUT2D eigenvalue weighted by Crippen LogP contribution is 2.38. The summed E-state index contributed by atoms with van der Waals surface area (Å²) in [6, 6.07) is 15.4. The maximum absolute atomic E-state index is 12.9. The molecule has 1 heterocycles. The van der Waals surface area contributed by atoms with Crippen LogP contribution in [0.4, 0.5) is 21.9 Å². The van der Waals surface area contributed by atoms with E-state index in [1.807, 2.05) is 37.3 Å². The van der Waals surface area contributed by atoms with Gasteiger partial charge >= 0.3 is 12.0 Å². The summed E-state index contributed by atoms with van der Waals surface area (Å²) in [4.78, 5) is 50.6. The summed E-state index contributed by atoms with van der Waals surface area (Å²) in [5.74, 6) is -1.79. The van der Waals surface area contributed by atoms with Gasteiger partial charge in [-0.2, -0.15) is 10.2 Å². The smallest absolute Gasteiger partial charge is 0.326 e. The van der Waals surface area contributed by atoms with Gasteiger partial charge in [-0.3, -0.25) is 19.3 Å². The first kappa shape index (κ1) is 24.1. The number of hydrogen-bond donors (Lipinski definition) is 2. The Labute approximate surface area is 202 Å². The quantitative estimate of drug-likeness (QED) is 0.353. The van der Waals surface area contributed by atoms with Gasteiger partial charge in [0.25, 0.3) is 11.8 Å². The number of azo groups is 1. The van der Waals surface area contributed by atoms with Crippen LogP contribution in [0, 0.1) is 5.92 Å². The van der Waals surface area contributed by atoms with Crippen LogP contribution in [0.1, 0.15) is 32.6 Å². The van der Waals surface area contributed by atoms with E-state index in [2.05, 4.69) is 20.9 Å². The first-order valence-corrected chi connectivity index (χ1v) is 11.5. The Morgan fingerprint density at radius 3 is 2.43 bits per heavy atom. The number of benzene rings is 2. The summed E-state index contributed by atoms with van der Waals surface area (Å²) in [6.07, 6.45) is 3.23. The normalized spacial score (nSPS) is 21.9. The molecule has 2 aromatic carbocycles. The lowest BCUT2D eigenvalue weighted by atomic mass is 9.73. The van der Waals surface area contributed by atoms with Crippen LogP contribution in [-0.4, -0.2) is 47.4 Å². The third-order valence-corrected chi connectivity index (χ3v) is 6.34. The van der Waals surface area contributed by atoms with Gasteiger partial charge in [0.15, 0.2) is 6.61 Å². The SMILES string of the molecule is CC1CCCCC12NC(=O)N(CC(=O)OCC(=O)Nc1ccc(N=Nc3ccccc3)cc1)C2=O. The molecule has 2 aliphatic rings. The van der Waals surface area contributed by atoms with Crippen LogP contribution >= 0.6 is 0 Å². The van der Waals surface area contributed by atoms with Gasteiger partial charge in [-0.15, -0.1) is 0 Å². The van der Waals surface area contributed by atoms with Crippen LogP contribution in [0.2, 0.25) is 0 Å². The second-order valence-corrected chi connectivity index (χ2v) is 8.73. The number of hydrogen-bond acceptors (Lipinski definition) is 7. The molecule has 4 amide bonds. The summed E-state index contributed by atoms with van der Waals surface area (Å²) in [5, 5.41) is 13.7. The minimum Gasteiger partial charge on any atom is -0.454 e. The van der Waals surface area contributed by atoms with Crippen molar-refractivity contribution in [3.63, 3.8) is 0 Å². The maximum Gasteiger partial charge on any atom is 0.326 e. The van der Waals surface area contributed by atoms with E-state index < -0.39 is 42.5 Å². The fraction of sp³-hybridized carbons (Fsp3) is 0.360. The average molecular weight is 478 g/mol. The molecule has 1 spiro atoms. The van der Waals surface area contributed by atoms with Crippen molar-refractivity contribution in [3.05, 3.63) is 54.6 Å². The molecule has 2 N–H and O–H groups in total. The lowest BCUT2D eigenvalue weighted by molar-refractivity contribution is -0.150. The minimum absolute atomic E-state index is 0.00861. The Morgan fingerprint density at radius 1 is 1.06 bits per heavy atom. The zero-order valence-corrected chi connectivity index (χ0v) is 19.4. The largest absolute Gasteiger partial charge is 0.454 e. The molecule has 0 bridgehead atoms. The van der Waals surface area contributed by atoms with Crippen molar-refractivity contribution in [2.45, 2.75) is 38.1 Å². The molecule has 1 aliphatic heterocycles. The monoisotopic (exact) mass is 477 g/mol. The Kier molecular flexibility index (Phi) is 7.19. The predicted octanol–water partition coefficient (Wildman–Crippen LogP) is 4.08. The molecule has 4 rings (SSSR count). The highest BCUT2D eigenvalue weighted by atomic mass is 16.5. The number of anilines is 1. The van der Waals surface area contributed by atoms with E-state index in [-0.39, 0.29) is 5.92 Å². The molecule has 2 unspecified atom stereocenters. The Morgan fingerprint density at radius 2 is 1.74 bits per heavy atom. The molecule has 1 saturated carbocycles. The van der Waals surface area contributed by atoms with Crippen molar-refractivity contribution < 1.29 is 23.9 Å². The highest BCUT2D eigenvalue weighted by molar-refractivity contribution is 6.09. The molecule has 2 aromatic rings. The van der Waals surface area contributed by atoms with Gasteiger partial charge in [-0.25, -0.2) is 4.79 Å². The number of ether oxygens (including phenoxy) is 1. The molecule has 0 radical (unpaired) electrons. The number of imide groups is 1. The van der Waals surface area contributed by atoms with Gasteiger partial charge in [-0.05, 0) is 55.2 Å². The first-order valence-electron chi connectivity index (χ1n) is 11.5. The van der Waals surface area contributed by atoms with E-state index >= 15 is 0 Å². The van der Waals surface area contributed by atoms with Crippen LogP contribution < -0.4 is 10.6 Å². The predicted molar refractivity (Wildman–Crippen MR) is 127 cm³/mol. The van der Waals surface area contributed by atoms with Crippen LogP contribution in [0.15, 0.2) is 64.8 Å². The highest BCUT2D eigenvalue weighted by Gasteiger charge is 2.55. The number of nitrogens with zero attached hydrogens (tertiary/aromatic N) is 3. The number of urea groups is 1. The number of carbonyl (C=O) groups is 4. The molecule has 10 nitrogen and oxygen atoms in total. The molecule has 1 aliphatic carbocycles. The summed E-state index contributed by atoms with van der Waals surface area (Å²) in [7, 11) is 0. The molecule has 182 valence electrons. The van der Waals surface area contributed by atoms with Crippen molar-refractivity contribution in [1.29, 1.82) is 0 Å². The van der Waals surface area contributed by atoms with Crippen molar-refractivity contribution in [2.75, 3.05) is 18.5 Å². The van der Waals surface area contributed by atoms with Crippen LogP contribution in [0.3, 0.4) is 0 Å². The summed E-state index contributed by atoms with van der Waals surface area (Å²) < 4.78 is 4.99. The van der Waals surface area contributed by atoms with Crippen molar-refractivity contribution in [3.8, 4) is 0 Å². The summed E-state index contributed by atoms with van der Waals surface area (Å²) in [5.41, 5.74) is 0.881. The molecule has 1 saturated heterocycles. The second-order valence-electron chi connectivity index (χ2n) is 8.73. The minimum atomic E-state index is -0.945. The number of amides is 4.